The third-order valence-electron chi connectivity index (χ3n) is 1.89. The van der Waals surface area contributed by atoms with Gasteiger partial charge in [0.2, 0.25) is 5.78 Å². The summed E-state index contributed by atoms with van der Waals surface area (Å²) < 4.78 is 10.0. The molecule has 1 N–H and O–H groups in total. The summed E-state index contributed by atoms with van der Waals surface area (Å²) in [5.74, 6) is -0.0746. The molecule has 0 aliphatic carbocycles. The first-order chi connectivity index (χ1) is 7.79. The number of hydrogen-bond acceptors (Lipinski definition) is 4. The minimum Gasteiger partial charge on any atom is -0.461 e. The summed E-state index contributed by atoms with van der Waals surface area (Å²) in [6.07, 6.45) is 0.790. The van der Waals surface area contributed by atoms with E-state index < -0.39 is 17.7 Å². The van der Waals surface area contributed by atoms with Crippen LogP contribution in [-0.4, -0.2) is 23.5 Å². The van der Waals surface area contributed by atoms with E-state index in [1.165, 1.54) is 6.26 Å². The second-order valence-corrected chi connectivity index (χ2v) is 4.71. The molecular formula is C12H17NO4. The lowest BCUT2D eigenvalue weighted by Crippen LogP contribution is -2.41. The van der Waals surface area contributed by atoms with E-state index in [-0.39, 0.29) is 11.5 Å². The summed E-state index contributed by atoms with van der Waals surface area (Å²) in [6, 6.07) is 2.49. The Bertz CT molecular complexity index is 389. The Morgan fingerprint density at radius 3 is 2.53 bits per heavy atom. The summed E-state index contributed by atoms with van der Waals surface area (Å²) in [5.41, 5.74) is -0.586. The summed E-state index contributed by atoms with van der Waals surface area (Å²) in [7, 11) is 0. The van der Waals surface area contributed by atoms with Crippen LogP contribution in [0.2, 0.25) is 0 Å². The van der Waals surface area contributed by atoms with Crippen LogP contribution >= 0.6 is 0 Å². The topological polar surface area (TPSA) is 68.5 Å². The van der Waals surface area contributed by atoms with Crippen LogP contribution in [0.5, 0.6) is 0 Å². The normalized spacial score (nSPS) is 12.9. The zero-order chi connectivity index (χ0) is 13.1. The molecule has 5 heteroatoms. The number of ether oxygens (including phenoxy) is 1. The van der Waals surface area contributed by atoms with Crippen LogP contribution in [0.3, 0.4) is 0 Å². The van der Waals surface area contributed by atoms with Gasteiger partial charge in [-0.1, -0.05) is 0 Å². The van der Waals surface area contributed by atoms with Crippen molar-refractivity contribution in [2.24, 2.45) is 0 Å². The molecule has 1 aromatic heterocycles. The van der Waals surface area contributed by atoms with Crippen LogP contribution in [-0.2, 0) is 4.74 Å². The molecule has 1 amide bonds. The fourth-order valence-corrected chi connectivity index (χ4v) is 1.18. The first-order valence-electron chi connectivity index (χ1n) is 5.37. The Balaban J connectivity index is 2.52. The Morgan fingerprint density at radius 2 is 2.06 bits per heavy atom. The highest BCUT2D eigenvalue weighted by Gasteiger charge is 2.22. The van der Waals surface area contributed by atoms with Gasteiger partial charge in [0.05, 0.1) is 12.3 Å². The monoisotopic (exact) mass is 239 g/mol. The third kappa shape index (κ3) is 4.30. The molecule has 0 aliphatic heterocycles. The zero-order valence-corrected chi connectivity index (χ0v) is 10.4. The summed E-state index contributed by atoms with van der Waals surface area (Å²) in [5, 5.41) is 2.45. The van der Waals surface area contributed by atoms with E-state index in [0.717, 1.165) is 0 Å². The second kappa shape index (κ2) is 5.03. The highest BCUT2D eigenvalue weighted by Crippen LogP contribution is 2.08. The van der Waals surface area contributed by atoms with Crippen LogP contribution in [0.4, 0.5) is 4.79 Å². The molecule has 5 nitrogen and oxygen atoms in total. The van der Waals surface area contributed by atoms with Gasteiger partial charge in [-0.25, -0.2) is 4.79 Å². The predicted octanol–water partition coefficient (Wildman–Crippen LogP) is 2.38. The highest BCUT2D eigenvalue weighted by molar-refractivity contribution is 5.98. The van der Waals surface area contributed by atoms with Gasteiger partial charge in [-0.15, -0.1) is 0 Å². The van der Waals surface area contributed by atoms with Gasteiger partial charge in [0.1, 0.15) is 5.60 Å². The molecule has 1 rings (SSSR count). The Morgan fingerprint density at radius 1 is 1.41 bits per heavy atom. The lowest BCUT2D eigenvalue weighted by Gasteiger charge is -2.21. The van der Waals surface area contributed by atoms with Crippen molar-refractivity contribution in [1.29, 1.82) is 0 Å². The first kappa shape index (κ1) is 13.3. The number of carbonyl (C=O) groups is 2. The van der Waals surface area contributed by atoms with Crippen LogP contribution in [0.15, 0.2) is 22.8 Å². The van der Waals surface area contributed by atoms with Crippen molar-refractivity contribution in [3.05, 3.63) is 24.2 Å². The molecule has 0 saturated heterocycles. The number of ketones is 1. The largest absolute Gasteiger partial charge is 0.461 e. The van der Waals surface area contributed by atoms with Gasteiger partial charge in [-0.05, 0) is 39.8 Å². The van der Waals surface area contributed by atoms with Crippen molar-refractivity contribution in [1.82, 2.24) is 5.32 Å². The number of amides is 1. The van der Waals surface area contributed by atoms with Crippen molar-refractivity contribution < 1.29 is 18.7 Å². The Hall–Kier alpha value is -1.78. The van der Waals surface area contributed by atoms with Gasteiger partial charge < -0.3 is 14.5 Å². The van der Waals surface area contributed by atoms with E-state index in [4.69, 9.17) is 9.15 Å². The number of rotatable bonds is 3. The summed E-state index contributed by atoms with van der Waals surface area (Å²) >= 11 is 0. The van der Waals surface area contributed by atoms with E-state index in [2.05, 4.69) is 5.32 Å². The highest BCUT2D eigenvalue weighted by atomic mass is 16.6. The number of alkyl carbamates (subject to hydrolysis) is 1. The van der Waals surface area contributed by atoms with E-state index >= 15 is 0 Å². The number of carbonyl (C=O) groups excluding carboxylic acids is 2. The zero-order valence-electron chi connectivity index (χ0n) is 10.4. The quantitative estimate of drug-likeness (QED) is 0.822. The molecule has 94 valence electrons. The van der Waals surface area contributed by atoms with E-state index in [9.17, 15) is 9.59 Å². The van der Waals surface area contributed by atoms with Crippen molar-refractivity contribution >= 4 is 11.9 Å². The maximum Gasteiger partial charge on any atom is 0.408 e. The molecule has 0 fully saturated rings. The van der Waals surface area contributed by atoms with Crippen LogP contribution < -0.4 is 5.32 Å². The predicted molar refractivity (Wildman–Crippen MR) is 61.9 cm³/mol. The van der Waals surface area contributed by atoms with Crippen molar-refractivity contribution in [2.45, 2.75) is 39.3 Å². The smallest absolute Gasteiger partial charge is 0.408 e. The Labute approximate surface area is 100 Å². The van der Waals surface area contributed by atoms with Crippen LogP contribution in [0.25, 0.3) is 0 Å². The van der Waals surface area contributed by atoms with Gasteiger partial charge in [0.15, 0.2) is 5.76 Å². The SMILES string of the molecule is C[C@@H](NC(=O)OC(C)(C)C)C(=O)c1ccco1. The van der Waals surface area contributed by atoms with E-state index in [0.29, 0.717) is 0 Å². The van der Waals surface area contributed by atoms with Gasteiger partial charge in [-0.2, -0.15) is 0 Å². The van der Waals surface area contributed by atoms with Crippen molar-refractivity contribution in [3.63, 3.8) is 0 Å². The third-order valence-corrected chi connectivity index (χ3v) is 1.89. The molecule has 17 heavy (non-hydrogen) atoms. The molecule has 0 aliphatic rings. The molecule has 1 heterocycles. The number of Topliss-reactive ketones (excluding diaryl/α,β-unsaturated/α-hetero) is 1. The standard InChI is InChI=1S/C12H17NO4/c1-8(10(14)9-6-5-7-16-9)13-11(15)17-12(2,3)4/h5-8H,1-4H3,(H,13,15)/t8-/m1/s1. The van der Waals surface area contributed by atoms with Gasteiger partial charge >= 0.3 is 6.09 Å². The summed E-state index contributed by atoms with van der Waals surface area (Å²) in [4.78, 5) is 23.2. The lowest BCUT2D eigenvalue weighted by molar-refractivity contribution is 0.0494. The van der Waals surface area contributed by atoms with Gasteiger partial charge in [0, 0.05) is 0 Å². The van der Waals surface area contributed by atoms with Gasteiger partial charge in [0.25, 0.3) is 0 Å². The van der Waals surface area contributed by atoms with Crippen LogP contribution in [0, 0.1) is 0 Å². The maximum absolute atomic E-state index is 11.7. The fraction of sp³-hybridized carbons (Fsp3) is 0.500. The summed E-state index contributed by atoms with van der Waals surface area (Å²) in [6.45, 7) is 6.84. The molecule has 0 aromatic carbocycles. The fourth-order valence-electron chi connectivity index (χ4n) is 1.18. The number of nitrogens with one attached hydrogen (secondary N) is 1. The maximum atomic E-state index is 11.7. The molecule has 1 aromatic rings. The lowest BCUT2D eigenvalue weighted by atomic mass is 10.2. The van der Waals surface area contributed by atoms with E-state index in [1.54, 1.807) is 39.8 Å². The number of hydrogen-bond donors (Lipinski definition) is 1. The number of furan rings is 1. The van der Waals surface area contributed by atoms with Crippen LogP contribution in [0.1, 0.15) is 38.2 Å². The van der Waals surface area contributed by atoms with Gasteiger partial charge in [-0.3, -0.25) is 4.79 Å². The van der Waals surface area contributed by atoms with Crippen molar-refractivity contribution in [3.8, 4) is 0 Å². The Kier molecular flexibility index (Phi) is 3.93. The minimum atomic E-state index is -0.684. The minimum absolute atomic E-state index is 0.216. The molecule has 0 bridgehead atoms. The molecule has 1 atom stereocenters. The average molecular weight is 239 g/mol. The van der Waals surface area contributed by atoms with Crippen molar-refractivity contribution in [2.75, 3.05) is 0 Å². The average Bonchev–Trinajstić information content (AvgIpc) is 2.65. The first-order valence-corrected chi connectivity index (χ1v) is 5.37. The second-order valence-electron chi connectivity index (χ2n) is 4.71. The molecule has 0 unspecified atom stereocenters. The molecule has 0 spiro atoms. The molecule has 0 saturated carbocycles. The molecule has 0 radical (unpaired) electrons. The van der Waals surface area contributed by atoms with E-state index in [1.807, 2.05) is 0 Å². The molecular weight excluding hydrogens is 222 g/mol.